The number of hydrogen-bond acceptors (Lipinski definition) is 3. The molecule has 0 unspecified atom stereocenters. The van der Waals surface area contributed by atoms with Crippen LogP contribution < -0.4 is 5.32 Å². The molecule has 24 heavy (non-hydrogen) atoms. The predicted molar refractivity (Wildman–Crippen MR) is 100 cm³/mol. The van der Waals surface area contributed by atoms with Crippen LogP contribution in [0.4, 0.5) is 4.79 Å². The minimum atomic E-state index is -0.389. The van der Waals surface area contributed by atoms with Crippen LogP contribution >= 0.6 is 0 Å². The van der Waals surface area contributed by atoms with Gasteiger partial charge in [0, 0.05) is 19.0 Å². The van der Waals surface area contributed by atoms with Gasteiger partial charge in [0.1, 0.15) is 5.60 Å². The lowest BCUT2D eigenvalue weighted by atomic mass is 10.1. The first-order valence-electron chi connectivity index (χ1n) is 8.12. The van der Waals surface area contributed by atoms with Crippen molar-refractivity contribution >= 4 is 11.9 Å². The highest BCUT2D eigenvalue weighted by atomic mass is 16.6. The molecule has 0 radical (unpaired) electrons. The number of ketones is 1. The van der Waals surface area contributed by atoms with Crippen molar-refractivity contribution in [1.82, 2.24) is 5.32 Å². The smallest absolute Gasteiger partial charge is 0.407 e. The Morgan fingerprint density at radius 1 is 1.08 bits per heavy atom. The monoisotopic (exact) mass is 333 g/mol. The van der Waals surface area contributed by atoms with Crippen LogP contribution in [0.2, 0.25) is 0 Å². The van der Waals surface area contributed by atoms with Gasteiger partial charge in [-0.15, -0.1) is 12.8 Å². The summed E-state index contributed by atoms with van der Waals surface area (Å²) in [6.45, 7) is 7.61. The molecular weight excluding hydrogens is 302 g/mol. The van der Waals surface area contributed by atoms with Crippen LogP contribution in [0.3, 0.4) is 0 Å². The second-order valence-corrected chi connectivity index (χ2v) is 6.00. The van der Waals surface area contributed by atoms with E-state index >= 15 is 0 Å². The highest BCUT2D eigenvalue weighted by Gasteiger charge is 2.13. The fraction of sp³-hybridized carbons (Fsp3) is 0.500. The van der Waals surface area contributed by atoms with Crippen LogP contribution in [0.25, 0.3) is 0 Å². The summed E-state index contributed by atoms with van der Waals surface area (Å²) in [4.78, 5) is 22.0. The van der Waals surface area contributed by atoms with Crippen LogP contribution in [0.1, 0.15) is 63.7 Å². The third-order valence-electron chi connectivity index (χ3n) is 2.71. The molecule has 0 fully saturated rings. The lowest BCUT2D eigenvalue weighted by Crippen LogP contribution is -2.30. The van der Waals surface area contributed by atoms with E-state index in [2.05, 4.69) is 25.1 Å². The normalized spacial score (nSPS) is 9.46. The van der Waals surface area contributed by atoms with Gasteiger partial charge in [0.15, 0.2) is 5.78 Å². The molecule has 0 saturated heterocycles. The van der Waals surface area contributed by atoms with E-state index in [0.717, 1.165) is 18.4 Å². The van der Waals surface area contributed by atoms with Gasteiger partial charge >= 0.3 is 6.09 Å². The van der Waals surface area contributed by atoms with Crippen molar-refractivity contribution in [2.45, 2.75) is 59.0 Å². The van der Waals surface area contributed by atoms with E-state index in [1.807, 2.05) is 51.1 Å². The number of rotatable bonds is 5. The fourth-order valence-corrected chi connectivity index (χ4v) is 1.63. The van der Waals surface area contributed by atoms with Gasteiger partial charge < -0.3 is 10.1 Å². The number of amides is 1. The molecule has 1 N–H and O–H groups in total. The van der Waals surface area contributed by atoms with Crippen molar-refractivity contribution in [3.63, 3.8) is 0 Å². The molecule has 0 aromatic heterocycles. The lowest BCUT2D eigenvalue weighted by Gasteiger charge is -2.18. The number of carbonyl (C=O) groups excluding carboxylic acids is 2. The van der Waals surface area contributed by atoms with Gasteiger partial charge in [-0.1, -0.05) is 50.1 Å². The van der Waals surface area contributed by atoms with Crippen molar-refractivity contribution in [3.05, 3.63) is 35.9 Å². The molecule has 4 heteroatoms. The topological polar surface area (TPSA) is 55.4 Å². The standard InChI is InChI=1S/C12H16O.C6H13NO2.C2H2/c1-2-3-5-10-12(13)11-8-6-4-7-9-11;1-6(2,3)9-5(8)7-4;1-2/h4,6-9H,2-3,5,10H2,1H3;1-4H3,(H,7,8);1-2H. The second kappa shape index (κ2) is 14.3. The summed E-state index contributed by atoms with van der Waals surface area (Å²) in [7, 11) is 1.54. The summed E-state index contributed by atoms with van der Waals surface area (Å²) >= 11 is 0. The number of carbonyl (C=O) groups is 2. The van der Waals surface area contributed by atoms with E-state index in [4.69, 9.17) is 4.74 Å². The molecule has 4 nitrogen and oxygen atoms in total. The number of nitrogens with one attached hydrogen (secondary N) is 1. The van der Waals surface area contributed by atoms with Crippen molar-refractivity contribution in [1.29, 1.82) is 0 Å². The Balaban J connectivity index is 0. The first-order chi connectivity index (χ1) is 11.3. The van der Waals surface area contributed by atoms with Crippen molar-refractivity contribution < 1.29 is 14.3 Å². The first-order valence-corrected chi connectivity index (χ1v) is 8.12. The summed E-state index contributed by atoms with van der Waals surface area (Å²) < 4.78 is 4.84. The molecule has 0 spiro atoms. The molecule has 134 valence electrons. The van der Waals surface area contributed by atoms with Gasteiger partial charge in [-0.05, 0) is 27.2 Å². The zero-order valence-electron chi connectivity index (χ0n) is 15.6. The second-order valence-electron chi connectivity index (χ2n) is 6.00. The molecular formula is C20H31NO3. The van der Waals surface area contributed by atoms with Crippen molar-refractivity contribution in [2.75, 3.05) is 7.05 Å². The van der Waals surface area contributed by atoms with E-state index in [1.165, 1.54) is 13.5 Å². The summed E-state index contributed by atoms with van der Waals surface area (Å²) in [5, 5.41) is 2.36. The highest BCUT2D eigenvalue weighted by molar-refractivity contribution is 5.95. The number of terminal acetylenes is 1. The molecule has 0 heterocycles. The van der Waals surface area contributed by atoms with Gasteiger partial charge in [0.05, 0.1) is 0 Å². The Bertz CT molecular complexity index is 473. The average Bonchev–Trinajstić information content (AvgIpc) is 2.56. The van der Waals surface area contributed by atoms with Crippen LogP contribution in [0, 0.1) is 12.8 Å². The van der Waals surface area contributed by atoms with Gasteiger partial charge in [-0.3, -0.25) is 4.79 Å². The highest BCUT2D eigenvalue weighted by Crippen LogP contribution is 2.07. The Morgan fingerprint density at radius 2 is 1.62 bits per heavy atom. The van der Waals surface area contributed by atoms with Crippen molar-refractivity contribution in [2.24, 2.45) is 0 Å². The Kier molecular flexibility index (Phi) is 14.3. The summed E-state index contributed by atoms with van der Waals surface area (Å²) in [5.74, 6) is 0.272. The van der Waals surface area contributed by atoms with E-state index in [1.54, 1.807) is 0 Å². The Labute approximate surface area is 147 Å². The summed E-state index contributed by atoms with van der Waals surface area (Å²) in [5.41, 5.74) is 0.457. The maximum Gasteiger partial charge on any atom is 0.407 e. The van der Waals surface area contributed by atoms with E-state index in [-0.39, 0.29) is 17.5 Å². The number of Topliss-reactive ketones (excluding diaryl/α,β-unsaturated/α-hetero) is 1. The molecule has 0 aliphatic heterocycles. The number of ether oxygens (including phenoxy) is 1. The third-order valence-corrected chi connectivity index (χ3v) is 2.71. The van der Waals surface area contributed by atoms with Crippen LogP contribution in [-0.2, 0) is 4.74 Å². The maximum absolute atomic E-state index is 11.5. The van der Waals surface area contributed by atoms with Gasteiger partial charge in [-0.25, -0.2) is 4.79 Å². The first kappa shape index (κ1) is 24.0. The summed E-state index contributed by atoms with van der Waals surface area (Å²) in [6, 6.07) is 9.52. The average molecular weight is 333 g/mol. The van der Waals surface area contributed by atoms with Gasteiger partial charge in [0.25, 0.3) is 0 Å². The molecule has 1 amide bonds. The van der Waals surface area contributed by atoms with Crippen LogP contribution in [0.15, 0.2) is 30.3 Å². The van der Waals surface area contributed by atoms with Crippen LogP contribution in [0.5, 0.6) is 0 Å². The minimum absolute atomic E-state index is 0.272. The van der Waals surface area contributed by atoms with Gasteiger partial charge in [-0.2, -0.15) is 0 Å². The number of hydrogen-bond donors (Lipinski definition) is 1. The molecule has 0 bridgehead atoms. The Morgan fingerprint density at radius 3 is 2.00 bits per heavy atom. The number of benzene rings is 1. The van der Waals surface area contributed by atoms with E-state index in [9.17, 15) is 9.59 Å². The van der Waals surface area contributed by atoms with E-state index in [0.29, 0.717) is 6.42 Å². The predicted octanol–water partition coefficient (Wildman–Crippen LogP) is 4.84. The maximum atomic E-state index is 11.5. The molecule has 1 aromatic carbocycles. The summed E-state index contributed by atoms with van der Waals surface area (Å²) in [6.07, 6.45) is 11.6. The number of alkyl carbamates (subject to hydrolysis) is 1. The molecule has 0 aliphatic carbocycles. The fourth-order valence-electron chi connectivity index (χ4n) is 1.63. The molecule has 1 rings (SSSR count). The molecule has 1 aromatic rings. The number of unbranched alkanes of at least 4 members (excludes halogenated alkanes) is 2. The third kappa shape index (κ3) is 14.6. The van der Waals surface area contributed by atoms with E-state index < -0.39 is 0 Å². The minimum Gasteiger partial charge on any atom is -0.444 e. The quantitative estimate of drug-likeness (QED) is 0.476. The molecule has 0 aliphatic rings. The lowest BCUT2D eigenvalue weighted by molar-refractivity contribution is 0.0541. The van der Waals surface area contributed by atoms with Crippen molar-refractivity contribution in [3.8, 4) is 12.8 Å². The Hall–Kier alpha value is -2.28. The zero-order valence-corrected chi connectivity index (χ0v) is 15.6. The SMILES string of the molecule is C#C.CCCCCC(=O)c1ccccc1.CNC(=O)OC(C)(C)C. The van der Waals surface area contributed by atoms with Crippen LogP contribution in [-0.4, -0.2) is 24.5 Å². The molecule has 0 saturated carbocycles. The molecule has 0 atom stereocenters. The zero-order chi connectivity index (χ0) is 19.0. The van der Waals surface area contributed by atoms with Gasteiger partial charge in [0.2, 0.25) is 0 Å². The largest absolute Gasteiger partial charge is 0.444 e.